The van der Waals surface area contributed by atoms with E-state index >= 15 is 0 Å². The minimum absolute atomic E-state index is 0.173. The Labute approximate surface area is 196 Å². The lowest BCUT2D eigenvalue weighted by atomic mass is 10.2. The van der Waals surface area contributed by atoms with E-state index in [0.717, 1.165) is 47.0 Å². The first-order chi connectivity index (χ1) is 16.7. The molecule has 1 N–H and O–H groups in total. The number of fused-ring (bicyclic) bond motifs is 3. The van der Waals surface area contributed by atoms with Crippen LogP contribution in [-0.2, 0) is 9.47 Å². The maximum Gasteiger partial charge on any atom is 0.230 e. The highest BCUT2D eigenvalue weighted by molar-refractivity contribution is 5.88. The average molecular weight is 463 g/mol. The van der Waals surface area contributed by atoms with Gasteiger partial charge < -0.3 is 28.7 Å². The number of rotatable bonds is 7. The number of nitrogens with one attached hydrogen (secondary N) is 1. The smallest absolute Gasteiger partial charge is 0.230 e. The number of aryl methyl sites for hydroxylation is 1. The number of likely N-dealkylation sites (tertiary alicyclic amines) is 1. The van der Waals surface area contributed by atoms with Gasteiger partial charge in [0.15, 0.2) is 11.5 Å². The maximum atomic E-state index is 6.16. The fourth-order valence-electron chi connectivity index (χ4n) is 4.63. The molecule has 2 aromatic heterocycles. The van der Waals surface area contributed by atoms with E-state index in [1.165, 1.54) is 6.33 Å². The predicted octanol–water partition coefficient (Wildman–Crippen LogP) is 3.66. The van der Waals surface area contributed by atoms with Crippen molar-refractivity contribution in [3.8, 4) is 23.1 Å². The molecule has 2 aliphatic rings. The quantitative estimate of drug-likeness (QED) is 0.445. The molecular weight excluding hydrogens is 436 g/mol. The van der Waals surface area contributed by atoms with Crippen LogP contribution >= 0.6 is 0 Å². The van der Waals surface area contributed by atoms with Gasteiger partial charge in [0.05, 0.1) is 18.0 Å². The van der Waals surface area contributed by atoms with E-state index in [0.29, 0.717) is 36.5 Å². The Balaban J connectivity index is 1.20. The van der Waals surface area contributed by atoms with Gasteiger partial charge in [0.2, 0.25) is 5.88 Å². The van der Waals surface area contributed by atoms with Crippen LogP contribution in [-0.4, -0.2) is 72.2 Å². The van der Waals surface area contributed by atoms with E-state index < -0.39 is 0 Å². The minimum Gasteiger partial charge on any atom is -0.493 e. The number of ether oxygens (including phenoxy) is 5. The van der Waals surface area contributed by atoms with Crippen molar-refractivity contribution in [3.63, 3.8) is 0 Å². The number of benzene rings is 2. The van der Waals surface area contributed by atoms with Crippen molar-refractivity contribution in [2.75, 3.05) is 40.1 Å². The van der Waals surface area contributed by atoms with Crippen LogP contribution in [0.15, 0.2) is 42.9 Å². The number of H-pyrrole nitrogens is 1. The molecule has 0 radical (unpaired) electrons. The number of nitrogens with zero attached hydrogens (tertiary/aromatic N) is 3. The van der Waals surface area contributed by atoms with Crippen LogP contribution < -0.4 is 14.2 Å². The monoisotopic (exact) mass is 462 g/mol. The number of methoxy groups -OCH3 is 1. The number of hydrogen-bond acceptors (Lipinski definition) is 8. The Morgan fingerprint density at radius 3 is 2.74 bits per heavy atom. The number of aromatic amines is 1. The lowest BCUT2D eigenvalue weighted by Crippen LogP contribution is -2.28. The molecule has 9 nitrogen and oxygen atoms in total. The van der Waals surface area contributed by atoms with E-state index in [1.807, 2.05) is 36.5 Å². The zero-order valence-electron chi connectivity index (χ0n) is 19.1. The molecule has 176 valence electrons. The van der Waals surface area contributed by atoms with Crippen LogP contribution in [0.5, 0.6) is 23.1 Å². The molecule has 4 heterocycles. The average Bonchev–Trinajstić information content (AvgIpc) is 3.54. The Hall–Kier alpha value is -3.40. The van der Waals surface area contributed by atoms with Gasteiger partial charge in [-0.2, -0.15) is 0 Å². The molecule has 34 heavy (non-hydrogen) atoms. The SMILES string of the molecule is COc1cc2c(Oc3ccc4[nH]cc(C)c4c3)ncnc2cc1OCCN1CC2OCOC2C1. The summed E-state index contributed by atoms with van der Waals surface area (Å²) in [4.78, 5) is 14.3. The summed E-state index contributed by atoms with van der Waals surface area (Å²) in [5, 5.41) is 1.86. The van der Waals surface area contributed by atoms with E-state index in [1.54, 1.807) is 7.11 Å². The van der Waals surface area contributed by atoms with Gasteiger partial charge in [-0.3, -0.25) is 4.90 Å². The van der Waals surface area contributed by atoms with Crippen LogP contribution in [0.25, 0.3) is 21.8 Å². The fourth-order valence-corrected chi connectivity index (χ4v) is 4.63. The van der Waals surface area contributed by atoms with Gasteiger partial charge in [-0.05, 0) is 36.8 Å². The van der Waals surface area contributed by atoms with Gasteiger partial charge in [0.1, 0.15) is 37.7 Å². The molecule has 0 saturated carbocycles. The summed E-state index contributed by atoms with van der Waals surface area (Å²) in [6.07, 6.45) is 3.83. The first-order valence-corrected chi connectivity index (χ1v) is 11.3. The third kappa shape index (κ3) is 3.91. The lowest BCUT2D eigenvalue weighted by molar-refractivity contribution is 0.0140. The zero-order valence-corrected chi connectivity index (χ0v) is 19.1. The van der Waals surface area contributed by atoms with E-state index in [9.17, 15) is 0 Å². The van der Waals surface area contributed by atoms with Crippen molar-refractivity contribution in [1.29, 1.82) is 0 Å². The highest BCUT2D eigenvalue weighted by Gasteiger charge is 2.38. The Kier molecular flexibility index (Phi) is 5.44. The van der Waals surface area contributed by atoms with Gasteiger partial charge in [-0.25, -0.2) is 9.97 Å². The van der Waals surface area contributed by atoms with E-state index in [4.69, 9.17) is 23.7 Å². The highest BCUT2D eigenvalue weighted by atomic mass is 16.7. The summed E-state index contributed by atoms with van der Waals surface area (Å²) in [5.74, 6) is 2.41. The van der Waals surface area contributed by atoms with Crippen molar-refractivity contribution < 1.29 is 23.7 Å². The summed E-state index contributed by atoms with van der Waals surface area (Å²) in [6, 6.07) is 9.66. The fraction of sp³-hybridized carbons (Fsp3) is 0.360. The molecule has 0 amide bonds. The molecule has 2 aliphatic heterocycles. The summed E-state index contributed by atoms with van der Waals surface area (Å²) < 4.78 is 29.0. The topological polar surface area (TPSA) is 91.0 Å². The number of aromatic nitrogens is 3. The van der Waals surface area contributed by atoms with Gasteiger partial charge in [-0.1, -0.05) is 0 Å². The van der Waals surface area contributed by atoms with Gasteiger partial charge in [0.25, 0.3) is 0 Å². The molecule has 0 aliphatic carbocycles. The second kappa shape index (κ2) is 8.75. The van der Waals surface area contributed by atoms with Crippen LogP contribution in [0.1, 0.15) is 5.56 Å². The first kappa shape index (κ1) is 21.2. The van der Waals surface area contributed by atoms with Crippen LogP contribution in [0.3, 0.4) is 0 Å². The zero-order chi connectivity index (χ0) is 23.1. The molecule has 6 rings (SSSR count). The van der Waals surface area contributed by atoms with Crippen LogP contribution in [0.2, 0.25) is 0 Å². The molecule has 2 fully saturated rings. The highest BCUT2D eigenvalue weighted by Crippen LogP contribution is 2.36. The lowest BCUT2D eigenvalue weighted by Gasteiger charge is -2.18. The molecule has 2 aromatic carbocycles. The molecule has 4 aromatic rings. The van der Waals surface area contributed by atoms with Crippen molar-refractivity contribution in [2.24, 2.45) is 0 Å². The standard InChI is InChI=1S/C25H26N4O5/c1-15-10-26-19-4-3-16(7-17(15)19)34-25-18-8-21(30-2)22(9-20(18)27-13-28-25)31-6-5-29-11-23-24(12-29)33-14-32-23/h3-4,7-10,13,23-24,26H,5-6,11-12,14H2,1-2H3. The molecule has 0 bridgehead atoms. The molecule has 2 saturated heterocycles. The summed E-state index contributed by atoms with van der Waals surface area (Å²) in [7, 11) is 1.62. The molecule has 2 atom stereocenters. The second-order valence-electron chi connectivity index (χ2n) is 8.62. The van der Waals surface area contributed by atoms with E-state index in [2.05, 4.69) is 26.8 Å². The summed E-state index contributed by atoms with van der Waals surface area (Å²) >= 11 is 0. The van der Waals surface area contributed by atoms with E-state index in [-0.39, 0.29) is 12.2 Å². The van der Waals surface area contributed by atoms with Crippen molar-refractivity contribution in [2.45, 2.75) is 19.1 Å². The van der Waals surface area contributed by atoms with Gasteiger partial charge in [-0.15, -0.1) is 0 Å². The Morgan fingerprint density at radius 2 is 1.91 bits per heavy atom. The first-order valence-electron chi connectivity index (χ1n) is 11.3. The molecule has 9 heteroatoms. The molecule has 0 spiro atoms. The van der Waals surface area contributed by atoms with Gasteiger partial charge >= 0.3 is 0 Å². The van der Waals surface area contributed by atoms with Gasteiger partial charge in [0, 0.05) is 42.8 Å². The Bertz CT molecular complexity index is 1330. The third-order valence-corrected chi connectivity index (χ3v) is 6.48. The molecule has 2 unspecified atom stereocenters. The largest absolute Gasteiger partial charge is 0.493 e. The maximum absolute atomic E-state index is 6.16. The summed E-state index contributed by atoms with van der Waals surface area (Å²) in [6.45, 7) is 5.50. The third-order valence-electron chi connectivity index (χ3n) is 6.48. The molecular formula is C25H26N4O5. The van der Waals surface area contributed by atoms with Crippen molar-refractivity contribution in [1.82, 2.24) is 19.9 Å². The normalized spacial score (nSPS) is 20.2. The van der Waals surface area contributed by atoms with Crippen molar-refractivity contribution in [3.05, 3.63) is 48.4 Å². The van der Waals surface area contributed by atoms with Crippen LogP contribution in [0, 0.1) is 6.92 Å². The van der Waals surface area contributed by atoms with Crippen molar-refractivity contribution >= 4 is 21.8 Å². The second-order valence-corrected chi connectivity index (χ2v) is 8.62. The number of hydrogen-bond donors (Lipinski definition) is 1. The summed E-state index contributed by atoms with van der Waals surface area (Å²) in [5.41, 5.74) is 2.95. The minimum atomic E-state index is 0.173. The Morgan fingerprint density at radius 1 is 1.06 bits per heavy atom. The van der Waals surface area contributed by atoms with Crippen LogP contribution in [0.4, 0.5) is 0 Å². The predicted molar refractivity (Wildman–Crippen MR) is 126 cm³/mol.